The third kappa shape index (κ3) is 3.58. The van der Waals surface area contributed by atoms with Crippen molar-refractivity contribution >= 4 is 11.8 Å². The fourth-order valence-electron chi connectivity index (χ4n) is 2.90. The van der Waals surface area contributed by atoms with Crippen molar-refractivity contribution in [3.05, 3.63) is 32.6 Å². The standard InChI is InChI=1S/C16H24N4O4/c1-10(2)9-19-5-6-20(11(3)14(19)22)13(21)7-12-8-17-16(24)18(4)15(12)23/h8,10-11H,5-7,9H2,1-4H3,(H,17,24). The van der Waals surface area contributed by atoms with Gasteiger partial charge in [-0.1, -0.05) is 13.8 Å². The number of hydrogen-bond acceptors (Lipinski definition) is 4. The fraction of sp³-hybridized carbons (Fsp3) is 0.625. The van der Waals surface area contributed by atoms with E-state index in [1.807, 2.05) is 13.8 Å². The molecule has 2 rings (SSSR count). The summed E-state index contributed by atoms with van der Waals surface area (Å²) in [5.74, 6) is 0.00873. The third-order valence-electron chi connectivity index (χ3n) is 4.25. The quantitative estimate of drug-likeness (QED) is 0.789. The smallest absolute Gasteiger partial charge is 0.328 e. The first-order chi connectivity index (χ1) is 11.2. The second-order valence-electron chi connectivity index (χ2n) is 6.60. The van der Waals surface area contributed by atoms with Gasteiger partial charge in [0.1, 0.15) is 6.04 Å². The van der Waals surface area contributed by atoms with Crippen LogP contribution in [0.2, 0.25) is 0 Å². The van der Waals surface area contributed by atoms with Crippen molar-refractivity contribution in [3.8, 4) is 0 Å². The van der Waals surface area contributed by atoms with Gasteiger partial charge in [0.25, 0.3) is 5.56 Å². The molecule has 2 heterocycles. The summed E-state index contributed by atoms with van der Waals surface area (Å²) < 4.78 is 0.928. The minimum Gasteiger partial charge on any atom is -0.339 e. The number of piperazine rings is 1. The molecule has 1 aliphatic heterocycles. The molecule has 0 bridgehead atoms. The Kier molecular flexibility index (Phi) is 5.26. The van der Waals surface area contributed by atoms with Gasteiger partial charge in [0, 0.05) is 38.4 Å². The molecule has 1 fully saturated rings. The summed E-state index contributed by atoms with van der Waals surface area (Å²) in [6.45, 7) is 7.41. The van der Waals surface area contributed by atoms with Gasteiger partial charge >= 0.3 is 5.69 Å². The Morgan fingerprint density at radius 3 is 2.58 bits per heavy atom. The van der Waals surface area contributed by atoms with Crippen molar-refractivity contribution in [1.29, 1.82) is 0 Å². The SMILES string of the molecule is CC(C)CN1CCN(C(=O)Cc2c[nH]c(=O)n(C)c2=O)C(C)C1=O. The topological polar surface area (TPSA) is 95.5 Å². The van der Waals surface area contributed by atoms with Crippen molar-refractivity contribution in [1.82, 2.24) is 19.4 Å². The van der Waals surface area contributed by atoms with Crippen LogP contribution in [0, 0.1) is 5.92 Å². The maximum Gasteiger partial charge on any atom is 0.328 e. The monoisotopic (exact) mass is 336 g/mol. The van der Waals surface area contributed by atoms with Crippen LogP contribution in [0.15, 0.2) is 15.8 Å². The van der Waals surface area contributed by atoms with E-state index in [0.717, 1.165) is 4.57 Å². The lowest BCUT2D eigenvalue weighted by molar-refractivity contribution is -0.150. The van der Waals surface area contributed by atoms with E-state index >= 15 is 0 Å². The highest BCUT2D eigenvalue weighted by molar-refractivity contribution is 5.89. The van der Waals surface area contributed by atoms with E-state index in [4.69, 9.17) is 0 Å². The van der Waals surface area contributed by atoms with Crippen LogP contribution in [0.25, 0.3) is 0 Å². The van der Waals surface area contributed by atoms with Gasteiger partial charge in [-0.05, 0) is 12.8 Å². The van der Waals surface area contributed by atoms with Crippen LogP contribution in [0.3, 0.4) is 0 Å². The summed E-state index contributed by atoms with van der Waals surface area (Å²) in [6, 6.07) is -0.545. The molecule has 0 aromatic carbocycles. The maximum atomic E-state index is 12.5. The normalized spacial score (nSPS) is 18.4. The van der Waals surface area contributed by atoms with Crippen LogP contribution in [-0.4, -0.2) is 56.8 Å². The number of aromatic amines is 1. The fourth-order valence-corrected chi connectivity index (χ4v) is 2.90. The maximum absolute atomic E-state index is 12.5. The van der Waals surface area contributed by atoms with E-state index < -0.39 is 17.3 Å². The van der Waals surface area contributed by atoms with Gasteiger partial charge in [-0.3, -0.25) is 19.0 Å². The van der Waals surface area contributed by atoms with Crippen molar-refractivity contribution in [2.24, 2.45) is 13.0 Å². The van der Waals surface area contributed by atoms with E-state index in [9.17, 15) is 19.2 Å². The summed E-state index contributed by atoms with van der Waals surface area (Å²) in [4.78, 5) is 54.0. The molecule has 132 valence electrons. The number of hydrogen-bond donors (Lipinski definition) is 1. The lowest BCUT2D eigenvalue weighted by atomic mass is 10.1. The van der Waals surface area contributed by atoms with Crippen LogP contribution >= 0.6 is 0 Å². The molecule has 1 N–H and O–H groups in total. The van der Waals surface area contributed by atoms with Gasteiger partial charge in [-0.25, -0.2) is 4.79 Å². The molecule has 1 aromatic heterocycles. The van der Waals surface area contributed by atoms with Crippen molar-refractivity contribution in [2.75, 3.05) is 19.6 Å². The van der Waals surface area contributed by atoms with E-state index in [1.165, 1.54) is 18.1 Å². The summed E-state index contributed by atoms with van der Waals surface area (Å²) >= 11 is 0. The number of carbonyl (C=O) groups is 2. The summed E-state index contributed by atoms with van der Waals surface area (Å²) in [6.07, 6.45) is 1.13. The number of aromatic nitrogens is 2. The van der Waals surface area contributed by atoms with E-state index in [-0.39, 0.29) is 23.8 Å². The van der Waals surface area contributed by atoms with E-state index in [2.05, 4.69) is 4.98 Å². The Hall–Kier alpha value is -2.38. The Bertz CT molecular complexity index is 749. The van der Waals surface area contributed by atoms with Gasteiger partial charge in [-0.15, -0.1) is 0 Å². The average Bonchev–Trinajstić information content (AvgIpc) is 2.52. The molecule has 0 aliphatic carbocycles. The van der Waals surface area contributed by atoms with Gasteiger partial charge < -0.3 is 14.8 Å². The molecule has 1 unspecified atom stereocenters. The Morgan fingerprint density at radius 2 is 1.96 bits per heavy atom. The molecule has 1 aliphatic rings. The number of nitrogens with one attached hydrogen (secondary N) is 1. The minimum absolute atomic E-state index is 0.0716. The molecule has 2 amide bonds. The highest BCUT2D eigenvalue weighted by Gasteiger charge is 2.34. The number of rotatable bonds is 4. The number of H-pyrrole nitrogens is 1. The van der Waals surface area contributed by atoms with E-state index in [0.29, 0.717) is 25.6 Å². The molecule has 8 nitrogen and oxygen atoms in total. The zero-order valence-corrected chi connectivity index (χ0v) is 14.5. The van der Waals surface area contributed by atoms with Gasteiger partial charge in [0.2, 0.25) is 11.8 Å². The van der Waals surface area contributed by atoms with Gasteiger partial charge in [0.15, 0.2) is 0 Å². The Labute approximate surface area is 140 Å². The molecule has 0 saturated carbocycles. The Balaban J connectivity index is 2.11. The van der Waals surface area contributed by atoms with Crippen molar-refractivity contribution in [2.45, 2.75) is 33.2 Å². The molecule has 1 atom stereocenters. The number of amides is 2. The predicted octanol–water partition coefficient (Wildman–Crippen LogP) is -0.669. The molecule has 1 aromatic rings. The summed E-state index contributed by atoms with van der Waals surface area (Å²) in [5.41, 5.74) is -0.807. The molecular weight excluding hydrogens is 312 g/mol. The first-order valence-corrected chi connectivity index (χ1v) is 8.08. The molecule has 0 radical (unpaired) electrons. The Morgan fingerprint density at radius 1 is 1.29 bits per heavy atom. The molecule has 24 heavy (non-hydrogen) atoms. The highest BCUT2D eigenvalue weighted by atomic mass is 16.2. The zero-order valence-electron chi connectivity index (χ0n) is 14.5. The van der Waals surface area contributed by atoms with Crippen LogP contribution in [0.5, 0.6) is 0 Å². The predicted molar refractivity (Wildman–Crippen MR) is 88.6 cm³/mol. The number of nitrogens with zero attached hydrogens (tertiary/aromatic N) is 3. The third-order valence-corrected chi connectivity index (χ3v) is 4.25. The summed E-state index contributed by atoms with van der Waals surface area (Å²) in [7, 11) is 1.35. The lowest BCUT2D eigenvalue weighted by Crippen LogP contribution is -2.58. The van der Waals surface area contributed by atoms with Crippen LogP contribution < -0.4 is 11.2 Å². The van der Waals surface area contributed by atoms with Crippen molar-refractivity contribution < 1.29 is 9.59 Å². The van der Waals surface area contributed by atoms with Crippen molar-refractivity contribution in [3.63, 3.8) is 0 Å². The highest BCUT2D eigenvalue weighted by Crippen LogP contribution is 2.14. The van der Waals surface area contributed by atoms with Gasteiger partial charge in [0.05, 0.1) is 6.42 Å². The largest absolute Gasteiger partial charge is 0.339 e. The van der Waals surface area contributed by atoms with Gasteiger partial charge in [-0.2, -0.15) is 0 Å². The van der Waals surface area contributed by atoms with Crippen LogP contribution in [-0.2, 0) is 23.1 Å². The lowest BCUT2D eigenvalue weighted by Gasteiger charge is -2.39. The van der Waals surface area contributed by atoms with Crippen LogP contribution in [0.1, 0.15) is 26.3 Å². The van der Waals surface area contributed by atoms with E-state index in [1.54, 1.807) is 11.8 Å². The first kappa shape index (κ1) is 18.0. The average molecular weight is 336 g/mol. The first-order valence-electron chi connectivity index (χ1n) is 8.08. The second kappa shape index (κ2) is 7.02. The second-order valence-corrected chi connectivity index (χ2v) is 6.60. The molecular formula is C16H24N4O4. The molecule has 0 spiro atoms. The minimum atomic E-state index is -0.545. The molecule has 8 heteroatoms. The summed E-state index contributed by atoms with van der Waals surface area (Å²) in [5, 5.41) is 0. The molecule has 1 saturated heterocycles. The zero-order chi connectivity index (χ0) is 18.0. The van der Waals surface area contributed by atoms with Crippen LogP contribution in [0.4, 0.5) is 0 Å². The number of carbonyl (C=O) groups excluding carboxylic acids is 2.